The average Bonchev–Trinajstić information content (AvgIpc) is 3.10. The van der Waals surface area contributed by atoms with E-state index in [1.807, 2.05) is 51.1 Å². The van der Waals surface area contributed by atoms with Gasteiger partial charge in [-0.25, -0.2) is 4.79 Å². The molecule has 9 heteroatoms. The Bertz CT molecular complexity index is 1110. The predicted molar refractivity (Wildman–Crippen MR) is 139 cm³/mol. The summed E-state index contributed by atoms with van der Waals surface area (Å²) in [5.74, 6) is 0.285. The summed E-state index contributed by atoms with van der Waals surface area (Å²) >= 11 is 0. The summed E-state index contributed by atoms with van der Waals surface area (Å²) < 4.78 is 5.22. The van der Waals surface area contributed by atoms with Crippen LogP contribution in [0.15, 0.2) is 54.6 Å². The van der Waals surface area contributed by atoms with Crippen molar-refractivity contribution >= 4 is 29.2 Å². The molecule has 36 heavy (non-hydrogen) atoms. The van der Waals surface area contributed by atoms with Crippen LogP contribution in [-0.2, 0) is 9.59 Å². The molecule has 0 aromatic heterocycles. The van der Waals surface area contributed by atoms with Gasteiger partial charge in [-0.2, -0.15) is 0 Å². The third kappa shape index (κ3) is 5.40. The molecule has 2 aliphatic rings. The summed E-state index contributed by atoms with van der Waals surface area (Å²) in [7, 11) is 1.57. The first-order valence-electron chi connectivity index (χ1n) is 12.2. The molecule has 4 amide bonds. The Kier molecular flexibility index (Phi) is 7.10. The Morgan fingerprint density at radius 1 is 1.03 bits per heavy atom. The molecule has 2 saturated heterocycles. The van der Waals surface area contributed by atoms with Crippen molar-refractivity contribution in [3.63, 3.8) is 0 Å². The van der Waals surface area contributed by atoms with E-state index in [1.165, 1.54) is 0 Å². The molecule has 0 saturated carbocycles. The van der Waals surface area contributed by atoms with Crippen LogP contribution in [0.2, 0.25) is 0 Å². The summed E-state index contributed by atoms with van der Waals surface area (Å²) in [5.41, 5.74) is 0.405. The van der Waals surface area contributed by atoms with Crippen LogP contribution in [0, 0.1) is 0 Å². The van der Waals surface area contributed by atoms with E-state index in [4.69, 9.17) is 4.74 Å². The van der Waals surface area contributed by atoms with Gasteiger partial charge in [0.1, 0.15) is 17.8 Å². The predicted octanol–water partition coefficient (Wildman–Crippen LogP) is 3.28. The van der Waals surface area contributed by atoms with Crippen LogP contribution in [0.1, 0.15) is 33.6 Å². The molecule has 4 rings (SSSR count). The molecule has 0 radical (unpaired) electrons. The van der Waals surface area contributed by atoms with Crippen LogP contribution in [0.25, 0.3) is 0 Å². The lowest BCUT2D eigenvalue weighted by molar-refractivity contribution is -0.136. The van der Waals surface area contributed by atoms with Crippen molar-refractivity contribution in [1.82, 2.24) is 15.1 Å². The number of nitrogens with zero attached hydrogens (tertiary/aromatic N) is 3. The highest BCUT2D eigenvalue weighted by molar-refractivity contribution is 5.99. The number of hydrogen-bond acceptors (Lipinski definition) is 5. The SMILES string of the molecule is COc1cccc(NC(=O)CN2CN(c3ccccc3)C3(CCN(C(=O)NC(C)(C)C)CC3)C2=O)c1. The number of benzene rings is 2. The second kappa shape index (κ2) is 10.1. The number of amides is 4. The van der Waals surface area contributed by atoms with Crippen molar-refractivity contribution in [3.05, 3.63) is 54.6 Å². The van der Waals surface area contributed by atoms with E-state index < -0.39 is 5.54 Å². The molecule has 192 valence electrons. The summed E-state index contributed by atoms with van der Waals surface area (Å²) in [6, 6.07) is 16.8. The van der Waals surface area contributed by atoms with E-state index in [0.29, 0.717) is 44.0 Å². The van der Waals surface area contributed by atoms with Gasteiger partial charge in [0, 0.05) is 36.1 Å². The molecule has 2 aliphatic heterocycles. The minimum Gasteiger partial charge on any atom is -0.497 e. The highest BCUT2D eigenvalue weighted by atomic mass is 16.5. The van der Waals surface area contributed by atoms with Crippen LogP contribution < -0.4 is 20.3 Å². The van der Waals surface area contributed by atoms with E-state index in [1.54, 1.807) is 41.2 Å². The van der Waals surface area contributed by atoms with Crippen molar-refractivity contribution in [3.8, 4) is 5.75 Å². The van der Waals surface area contributed by atoms with Gasteiger partial charge in [0.15, 0.2) is 0 Å². The second-order valence-corrected chi connectivity index (χ2v) is 10.4. The lowest BCUT2D eigenvalue weighted by atomic mass is 9.85. The van der Waals surface area contributed by atoms with E-state index in [0.717, 1.165) is 5.69 Å². The minimum atomic E-state index is -0.796. The maximum absolute atomic E-state index is 13.8. The number of methoxy groups -OCH3 is 1. The molecule has 2 aromatic carbocycles. The summed E-state index contributed by atoms with van der Waals surface area (Å²) in [5, 5.41) is 5.87. The smallest absolute Gasteiger partial charge is 0.317 e. The molecule has 9 nitrogen and oxygen atoms in total. The fraction of sp³-hybridized carbons (Fsp3) is 0.444. The Labute approximate surface area is 212 Å². The number of rotatable bonds is 5. The van der Waals surface area contributed by atoms with Crippen molar-refractivity contribution in [2.75, 3.05) is 43.6 Å². The molecule has 0 atom stereocenters. The first-order valence-corrected chi connectivity index (χ1v) is 12.2. The minimum absolute atomic E-state index is 0.0602. The van der Waals surface area contributed by atoms with E-state index >= 15 is 0 Å². The molecular formula is C27H35N5O4. The fourth-order valence-electron chi connectivity index (χ4n) is 4.88. The topological polar surface area (TPSA) is 94.2 Å². The number of nitrogens with one attached hydrogen (secondary N) is 2. The first-order chi connectivity index (χ1) is 17.1. The lowest BCUT2D eigenvalue weighted by Crippen LogP contribution is -2.59. The maximum Gasteiger partial charge on any atom is 0.317 e. The molecule has 2 heterocycles. The van der Waals surface area contributed by atoms with Gasteiger partial charge in [-0.3, -0.25) is 9.59 Å². The van der Waals surface area contributed by atoms with Crippen LogP contribution >= 0.6 is 0 Å². The highest BCUT2D eigenvalue weighted by Gasteiger charge is 2.54. The summed E-state index contributed by atoms with van der Waals surface area (Å²) in [6.07, 6.45) is 0.985. The number of carbonyl (C=O) groups is 3. The zero-order chi connectivity index (χ0) is 25.9. The standard InChI is InChI=1S/C27H35N5O4/c1-26(2,3)29-25(35)30-15-13-27(14-16-30)24(34)31(19-32(27)21-10-6-5-7-11-21)18-23(33)28-20-9-8-12-22(17-20)36-4/h5-12,17H,13-16,18-19H2,1-4H3,(H,28,33)(H,29,35). The number of carbonyl (C=O) groups excluding carboxylic acids is 3. The Balaban J connectivity index is 1.50. The largest absolute Gasteiger partial charge is 0.497 e. The van der Waals surface area contributed by atoms with Gasteiger partial charge in [-0.15, -0.1) is 0 Å². The van der Waals surface area contributed by atoms with E-state index in [-0.39, 0.29) is 29.9 Å². The monoisotopic (exact) mass is 493 g/mol. The molecule has 1 spiro atoms. The van der Waals surface area contributed by atoms with Crippen LogP contribution in [0.3, 0.4) is 0 Å². The maximum atomic E-state index is 13.8. The van der Waals surface area contributed by atoms with Gasteiger partial charge in [-0.1, -0.05) is 24.3 Å². The molecule has 0 aliphatic carbocycles. The average molecular weight is 494 g/mol. The Morgan fingerprint density at radius 3 is 2.36 bits per heavy atom. The molecule has 2 N–H and O–H groups in total. The van der Waals surface area contributed by atoms with Gasteiger partial charge in [0.05, 0.1) is 13.8 Å². The van der Waals surface area contributed by atoms with Gasteiger partial charge in [0.25, 0.3) is 5.91 Å². The number of anilines is 2. The van der Waals surface area contributed by atoms with Crippen molar-refractivity contribution in [2.24, 2.45) is 0 Å². The zero-order valence-corrected chi connectivity index (χ0v) is 21.4. The van der Waals surface area contributed by atoms with Crippen molar-refractivity contribution < 1.29 is 19.1 Å². The van der Waals surface area contributed by atoms with Crippen LogP contribution in [0.4, 0.5) is 16.2 Å². The van der Waals surface area contributed by atoms with Gasteiger partial charge in [-0.05, 0) is 57.9 Å². The molecule has 0 unspecified atom stereocenters. The number of piperidine rings is 1. The number of hydrogen-bond donors (Lipinski definition) is 2. The third-order valence-electron chi connectivity index (χ3n) is 6.63. The number of urea groups is 1. The van der Waals surface area contributed by atoms with E-state index in [9.17, 15) is 14.4 Å². The zero-order valence-electron chi connectivity index (χ0n) is 21.4. The fourth-order valence-corrected chi connectivity index (χ4v) is 4.88. The molecule has 2 fully saturated rings. The summed E-state index contributed by atoms with van der Waals surface area (Å²) in [6.45, 7) is 7.01. The van der Waals surface area contributed by atoms with Crippen molar-refractivity contribution in [2.45, 2.75) is 44.7 Å². The normalized spacial score (nSPS) is 17.3. The number of likely N-dealkylation sites (tertiary alicyclic amines) is 1. The first kappa shape index (κ1) is 25.3. The van der Waals surface area contributed by atoms with Crippen LogP contribution in [-0.4, -0.2) is 72.1 Å². The number of para-hydroxylation sites is 1. The molecule has 2 aromatic rings. The Morgan fingerprint density at radius 2 is 1.72 bits per heavy atom. The highest BCUT2D eigenvalue weighted by Crippen LogP contribution is 2.39. The van der Waals surface area contributed by atoms with Gasteiger partial charge in [0.2, 0.25) is 5.91 Å². The van der Waals surface area contributed by atoms with Gasteiger partial charge < -0.3 is 30.1 Å². The quantitative estimate of drug-likeness (QED) is 0.667. The van der Waals surface area contributed by atoms with Crippen molar-refractivity contribution in [1.29, 1.82) is 0 Å². The van der Waals surface area contributed by atoms with Gasteiger partial charge >= 0.3 is 6.03 Å². The second-order valence-electron chi connectivity index (χ2n) is 10.4. The number of ether oxygens (including phenoxy) is 1. The molecular weight excluding hydrogens is 458 g/mol. The summed E-state index contributed by atoms with van der Waals surface area (Å²) in [4.78, 5) is 44.9. The van der Waals surface area contributed by atoms with Crippen LogP contribution in [0.5, 0.6) is 5.75 Å². The molecule has 0 bridgehead atoms. The Hall–Kier alpha value is -3.75. The van der Waals surface area contributed by atoms with E-state index in [2.05, 4.69) is 15.5 Å². The lowest BCUT2D eigenvalue weighted by Gasteiger charge is -2.43. The third-order valence-corrected chi connectivity index (χ3v) is 6.63.